The Morgan fingerprint density at radius 1 is 1.16 bits per heavy atom. The molecule has 0 aromatic heterocycles. The van der Waals surface area contributed by atoms with Crippen molar-refractivity contribution in [3.63, 3.8) is 0 Å². The number of carbonyl (C=O) groups excluding carboxylic acids is 2. The molecule has 0 spiro atoms. The molecule has 1 amide bonds. The lowest BCUT2D eigenvalue weighted by Gasteiger charge is -2.23. The third kappa shape index (κ3) is 4.54. The zero-order valence-corrected chi connectivity index (χ0v) is 14.7. The zero-order chi connectivity index (χ0) is 17.6. The van der Waals surface area contributed by atoms with Gasteiger partial charge < -0.3 is 14.8 Å². The van der Waals surface area contributed by atoms with Gasteiger partial charge in [0.25, 0.3) is 0 Å². The number of para-hydroxylation sites is 1. The molecule has 0 unspecified atom stereocenters. The molecule has 0 saturated heterocycles. The second kappa shape index (κ2) is 8.07. The predicted octanol–water partition coefficient (Wildman–Crippen LogP) is 3.28. The largest absolute Gasteiger partial charge is 0.497 e. The first-order valence-electron chi connectivity index (χ1n) is 8.01. The minimum Gasteiger partial charge on any atom is -0.497 e. The van der Waals surface area contributed by atoms with Gasteiger partial charge in [-0.1, -0.05) is 24.3 Å². The summed E-state index contributed by atoms with van der Waals surface area (Å²) in [6.45, 7) is 0.292. The van der Waals surface area contributed by atoms with Crippen LogP contribution in [0.15, 0.2) is 53.4 Å². The van der Waals surface area contributed by atoms with Crippen molar-refractivity contribution in [2.24, 2.45) is 0 Å². The number of rotatable bonds is 6. The Balaban J connectivity index is 1.47. The third-order valence-corrected chi connectivity index (χ3v) is 5.15. The third-order valence-electron chi connectivity index (χ3n) is 3.87. The highest BCUT2D eigenvalue weighted by atomic mass is 32.2. The van der Waals surface area contributed by atoms with E-state index in [1.807, 2.05) is 48.5 Å². The van der Waals surface area contributed by atoms with Crippen LogP contribution < -0.4 is 10.1 Å². The van der Waals surface area contributed by atoms with Gasteiger partial charge in [-0.3, -0.25) is 9.59 Å². The van der Waals surface area contributed by atoms with E-state index in [0.717, 1.165) is 21.9 Å². The molecule has 1 heterocycles. The first kappa shape index (κ1) is 17.4. The van der Waals surface area contributed by atoms with Crippen LogP contribution in [0.5, 0.6) is 5.75 Å². The lowest BCUT2D eigenvalue weighted by Crippen LogP contribution is -2.31. The molecular formula is C19H19NO4S. The maximum atomic E-state index is 12.1. The summed E-state index contributed by atoms with van der Waals surface area (Å²) in [6.07, 6.45) is 0.690. The summed E-state index contributed by atoms with van der Waals surface area (Å²) >= 11 is 1.40. The highest BCUT2D eigenvalue weighted by Crippen LogP contribution is 2.36. The molecule has 0 aliphatic carbocycles. The average molecular weight is 357 g/mol. The van der Waals surface area contributed by atoms with Gasteiger partial charge in [-0.05, 0) is 29.8 Å². The molecule has 5 nitrogen and oxygen atoms in total. The Kier molecular flexibility index (Phi) is 5.60. The molecule has 6 heteroatoms. The van der Waals surface area contributed by atoms with Gasteiger partial charge in [0.1, 0.15) is 5.75 Å². The Bertz CT molecular complexity index is 760. The zero-order valence-electron chi connectivity index (χ0n) is 13.9. The maximum Gasteiger partial charge on any atom is 0.307 e. The van der Waals surface area contributed by atoms with E-state index in [9.17, 15) is 9.59 Å². The van der Waals surface area contributed by atoms with Gasteiger partial charge in [0.2, 0.25) is 5.91 Å². The molecule has 0 bridgehead atoms. The number of methoxy groups -OCH3 is 1. The van der Waals surface area contributed by atoms with Crippen LogP contribution >= 0.6 is 11.8 Å². The number of hydrogen-bond donors (Lipinski definition) is 1. The number of thioether (sulfide) groups is 1. The molecule has 0 saturated carbocycles. The van der Waals surface area contributed by atoms with Crippen molar-refractivity contribution in [3.05, 3.63) is 54.1 Å². The van der Waals surface area contributed by atoms with Gasteiger partial charge in [0, 0.05) is 11.3 Å². The molecule has 1 atom stereocenters. The molecule has 2 aromatic rings. The van der Waals surface area contributed by atoms with E-state index in [2.05, 4.69) is 5.32 Å². The van der Waals surface area contributed by atoms with Crippen LogP contribution in [0.4, 0.5) is 5.69 Å². The van der Waals surface area contributed by atoms with Crippen LogP contribution in [0.2, 0.25) is 0 Å². The number of anilines is 1. The van der Waals surface area contributed by atoms with Crippen LogP contribution in [0.1, 0.15) is 12.0 Å². The summed E-state index contributed by atoms with van der Waals surface area (Å²) < 4.78 is 10.4. The van der Waals surface area contributed by atoms with Crippen molar-refractivity contribution in [1.29, 1.82) is 0 Å². The van der Waals surface area contributed by atoms with E-state index in [1.165, 1.54) is 11.8 Å². The van der Waals surface area contributed by atoms with Crippen molar-refractivity contribution in [1.82, 2.24) is 0 Å². The lowest BCUT2D eigenvalue weighted by atomic mass is 10.1. The molecule has 25 heavy (non-hydrogen) atoms. The van der Waals surface area contributed by atoms with Crippen molar-refractivity contribution < 1.29 is 19.1 Å². The molecule has 0 fully saturated rings. The molecule has 0 radical (unpaired) electrons. The monoisotopic (exact) mass is 357 g/mol. The fourth-order valence-corrected chi connectivity index (χ4v) is 3.61. The van der Waals surface area contributed by atoms with Crippen LogP contribution in [0.3, 0.4) is 0 Å². The second-order valence-corrected chi connectivity index (χ2v) is 6.86. The molecule has 2 aromatic carbocycles. The Morgan fingerprint density at radius 3 is 2.68 bits per heavy atom. The van der Waals surface area contributed by atoms with Gasteiger partial charge in [0.05, 0.1) is 31.1 Å². The topological polar surface area (TPSA) is 64.6 Å². The van der Waals surface area contributed by atoms with E-state index < -0.39 is 5.25 Å². The Hall–Kier alpha value is -2.47. The number of fused-ring (bicyclic) bond motifs is 1. The first-order chi connectivity index (χ1) is 12.2. The van der Waals surface area contributed by atoms with E-state index in [4.69, 9.17) is 9.47 Å². The van der Waals surface area contributed by atoms with E-state index in [-0.39, 0.29) is 18.3 Å². The van der Waals surface area contributed by atoms with E-state index in [0.29, 0.717) is 13.0 Å². The van der Waals surface area contributed by atoms with Gasteiger partial charge in [-0.25, -0.2) is 0 Å². The second-order valence-electron chi connectivity index (χ2n) is 5.61. The van der Waals surface area contributed by atoms with Crippen LogP contribution in [-0.2, 0) is 20.7 Å². The normalized spacial score (nSPS) is 15.9. The van der Waals surface area contributed by atoms with Crippen molar-refractivity contribution in [3.8, 4) is 5.75 Å². The number of amides is 1. The maximum absolute atomic E-state index is 12.1. The quantitative estimate of drug-likeness (QED) is 0.804. The molecular weight excluding hydrogens is 338 g/mol. The van der Waals surface area contributed by atoms with Gasteiger partial charge in [0.15, 0.2) is 0 Å². The van der Waals surface area contributed by atoms with Gasteiger partial charge in [-0.2, -0.15) is 0 Å². The standard InChI is InChI=1S/C19H19NO4S/c1-23-14-8-6-13(7-9-14)10-11-24-18(21)12-17-19(22)20-15-4-2-3-5-16(15)25-17/h2-9,17H,10-12H2,1H3,(H,20,22)/t17-/m0/s1. The van der Waals surface area contributed by atoms with Crippen molar-refractivity contribution in [2.45, 2.75) is 23.0 Å². The van der Waals surface area contributed by atoms with Crippen molar-refractivity contribution >= 4 is 29.3 Å². The molecule has 1 aliphatic rings. The van der Waals surface area contributed by atoms with Crippen LogP contribution in [-0.4, -0.2) is 30.8 Å². The summed E-state index contributed by atoms with van der Waals surface area (Å²) in [6, 6.07) is 15.2. The molecule has 3 rings (SSSR count). The fraction of sp³-hybridized carbons (Fsp3) is 0.263. The van der Waals surface area contributed by atoms with Gasteiger partial charge >= 0.3 is 5.97 Å². The number of carbonyl (C=O) groups is 2. The highest BCUT2D eigenvalue weighted by molar-refractivity contribution is 8.01. The fourth-order valence-electron chi connectivity index (χ4n) is 2.51. The summed E-state index contributed by atoms with van der Waals surface area (Å²) in [7, 11) is 1.62. The van der Waals surface area contributed by atoms with Crippen LogP contribution in [0.25, 0.3) is 0 Å². The number of hydrogen-bond acceptors (Lipinski definition) is 5. The smallest absolute Gasteiger partial charge is 0.307 e. The minimum absolute atomic E-state index is 0.0629. The summed E-state index contributed by atoms with van der Waals surface area (Å²) in [5.74, 6) is 0.276. The van der Waals surface area contributed by atoms with E-state index >= 15 is 0 Å². The number of esters is 1. The average Bonchev–Trinajstić information content (AvgIpc) is 2.63. The molecule has 1 aliphatic heterocycles. The summed E-state index contributed by atoms with van der Waals surface area (Å²) in [5, 5.41) is 2.37. The minimum atomic E-state index is -0.455. The number of ether oxygens (including phenoxy) is 2. The number of nitrogens with one attached hydrogen (secondary N) is 1. The Morgan fingerprint density at radius 2 is 1.92 bits per heavy atom. The molecule has 1 N–H and O–H groups in total. The SMILES string of the molecule is COc1ccc(CCOC(=O)C[C@@H]2Sc3ccccc3NC2=O)cc1. The summed E-state index contributed by atoms with van der Waals surface area (Å²) in [5.41, 5.74) is 1.86. The summed E-state index contributed by atoms with van der Waals surface area (Å²) in [4.78, 5) is 25.1. The Labute approximate surface area is 150 Å². The number of benzene rings is 2. The first-order valence-corrected chi connectivity index (χ1v) is 8.89. The van der Waals surface area contributed by atoms with Crippen LogP contribution in [0, 0.1) is 0 Å². The lowest BCUT2D eigenvalue weighted by molar-refractivity contribution is -0.144. The van der Waals surface area contributed by atoms with Crippen molar-refractivity contribution in [2.75, 3.05) is 19.0 Å². The van der Waals surface area contributed by atoms with E-state index in [1.54, 1.807) is 7.11 Å². The molecule has 130 valence electrons. The highest BCUT2D eigenvalue weighted by Gasteiger charge is 2.29. The van der Waals surface area contributed by atoms with Gasteiger partial charge in [-0.15, -0.1) is 11.8 Å². The predicted molar refractivity (Wildman–Crippen MR) is 97.0 cm³/mol.